The highest BCUT2D eigenvalue weighted by molar-refractivity contribution is 5.41. The topological polar surface area (TPSA) is 30.5 Å². The Hall–Kier alpha value is -1.48. The van der Waals surface area contributed by atoms with Gasteiger partial charge in [-0.1, -0.05) is 26.5 Å². The number of hydrogen-bond donors (Lipinski definition) is 1. The van der Waals surface area contributed by atoms with Crippen LogP contribution in [0.4, 0.5) is 0 Å². The second kappa shape index (κ2) is 7.85. The molecule has 0 atom stereocenters. The third-order valence-corrected chi connectivity index (χ3v) is 2.62. The molecule has 0 aliphatic carbocycles. The van der Waals surface area contributed by atoms with Gasteiger partial charge in [-0.2, -0.15) is 0 Å². The van der Waals surface area contributed by atoms with Crippen molar-refractivity contribution in [1.82, 2.24) is 5.32 Å². The van der Waals surface area contributed by atoms with E-state index < -0.39 is 0 Å². The highest BCUT2D eigenvalue weighted by atomic mass is 16.5. The highest BCUT2D eigenvalue weighted by Gasteiger charge is 2.06. The molecule has 1 aromatic carbocycles. The highest BCUT2D eigenvalue weighted by Crippen LogP contribution is 2.25. The number of ether oxygens (including phenoxy) is 2. The Morgan fingerprint density at radius 2 is 2.11 bits per heavy atom. The van der Waals surface area contributed by atoms with Gasteiger partial charge in [-0.15, -0.1) is 0 Å². The van der Waals surface area contributed by atoms with Gasteiger partial charge in [0.15, 0.2) is 0 Å². The molecule has 0 amide bonds. The van der Waals surface area contributed by atoms with E-state index in [1.165, 1.54) is 0 Å². The normalized spacial score (nSPS) is 10.6. The third-order valence-electron chi connectivity index (χ3n) is 2.62. The molecule has 0 saturated heterocycles. The molecule has 0 heterocycles. The first-order valence-corrected chi connectivity index (χ1v) is 6.67. The average molecular weight is 263 g/mol. The van der Waals surface area contributed by atoms with E-state index in [0.717, 1.165) is 35.7 Å². The minimum Gasteiger partial charge on any atom is -0.497 e. The van der Waals surface area contributed by atoms with Crippen molar-refractivity contribution in [1.29, 1.82) is 0 Å². The number of benzene rings is 1. The molecule has 0 spiro atoms. The lowest BCUT2D eigenvalue weighted by atomic mass is 10.1. The molecular formula is C16H25NO2. The first kappa shape index (κ1) is 15.6. The van der Waals surface area contributed by atoms with E-state index >= 15 is 0 Å². The standard InChI is InChI=1S/C16H25NO2/c1-12(2)9-17-10-14-6-7-15(18-5)8-16(14)19-11-13(3)4/h6-8,12,17H,3,9-11H2,1-2,4-5H3. The van der Waals surface area contributed by atoms with Crippen molar-refractivity contribution < 1.29 is 9.47 Å². The maximum absolute atomic E-state index is 5.78. The maximum atomic E-state index is 5.78. The summed E-state index contributed by atoms with van der Waals surface area (Å²) in [4.78, 5) is 0. The van der Waals surface area contributed by atoms with Crippen LogP contribution in [0.5, 0.6) is 11.5 Å². The van der Waals surface area contributed by atoms with Crippen molar-refractivity contribution in [3.05, 3.63) is 35.9 Å². The van der Waals surface area contributed by atoms with Crippen molar-refractivity contribution in [2.24, 2.45) is 5.92 Å². The van der Waals surface area contributed by atoms with Crippen molar-refractivity contribution in [2.75, 3.05) is 20.3 Å². The van der Waals surface area contributed by atoms with Gasteiger partial charge in [-0.05, 0) is 31.0 Å². The van der Waals surface area contributed by atoms with Gasteiger partial charge < -0.3 is 14.8 Å². The number of rotatable bonds is 8. The monoisotopic (exact) mass is 263 g/mol. The number of hydrogen-bond acceptors (Lipinski definition) is 3. The zero-order valence-corrected chi connectivity index (χ0v) is 12.5. The fourth-order valence-corrected chi connectivity index (χ4v) is 1.64. The molecule has 3 heteroatoms. The van der Waals surface area contributed by atoms with E-state index in [2.05, 4.69) is 25.7 Å². The Balaban J connectivity index is 2.73. The molecule has 1 aromatic rings. The van der Waals surface area contributed by atoms with Gasteiger partial charge in [-0.25, -0.2) is 0 Å². The summed E-state index contributed by atoms with van der Waals surface area (Å²) >= 11 is 0. The summed E-state index contributed by atoms with van der Waals surface area (Å²) in [7, 11) is 1.66. The van der Waals surface area contributed by atoms with Gasteiger partial charge in [0.05, 0.1) is 7.11 Å². The van der Waals surface area contributed by atoms with Crippen molar-refractivity contribution in [3.63, 3.8) is 0 Å². The molecule has 0 radical (unpaired) electrons. The summed E-state index contributed by atoms with van der Waals surface area (Å²) < 4.78 is 11.0. The van der Waals surface area contributed by atoms with Crippen LogP contribution < -0.4 is 14.8 Å². The van der Waals surface area contributed by atoms with Gasteiger partial charge in [0, 0.05) is 18.2 Å². The summed E-state index contributed by atoms with van der Waals surface area (Å²) in [5.74, 6) is 2.31. The molecule has 0 aliphatic rings. The molecule has 0 fully saturated rings. The van der Waals surface area contributed by atoms with Gasteiger partial charge in [-0.3, -0.25) is 0 Å². The lowest BCUT2D eigenvalue weighted by Gasteiger charge is -2.14. The van der Waals surface area contributed by atoms with Crippen molar-refractivity contribution in [3.8, 4) is 11.5 Å². The molecular weight excluding hydrogens is 238 g/mol. The SMILES string of the molecule is C=C(C)COc1cc(OC)ccc1CNCC(C)C. The van der Waals surface area contributed by atoms with Crippen molar-refractivity contribution in [2.45, 2.75) is 27.3 Å². The number of methoxy groups -OCH3 is 1. The second-order valence-electron chi connectivity index (χ2n) is 5.24. The first-order chi connectivity index (χ1) is 9.02. The summed E-state index contributed by atoms with van der Waals surface area (Å²) in [6, 6.07) is 5.93. The Kier molecular flexibility index (Phi) is 6.43. The zero-order chi connectivity index (χ0) is 14.3. The molecule has 0 aliphatic heterocycles. The van der Waals surface area contributed by atoms with E-state index in [1.54, 1.807) is 7.11 Å². The van der Waals surface area contributed by atoms with E-state index in [0.29, 0.717) is 12.5 Å². The minimum atomic E-state index is 0.532. The Morgan fingerprint density at radius 1 is 1.37 bits per heavy atom. The predicted molar refractivity (Wildman–Crippen MR) is 79.8 cm³/mol. The van der Waals surface area contributed by atoms with Crippen molar-refractivity contribution >= 4 is 0 Å². The summed E-state index contributed by atoms with van der Waals surface area (Å²) in [6.07, 6.45) is 0. The van der Waals surface area contributed by atoms with E-state index in [1.807, 2.05) is 25.1 Å². The van der Waals surface area contributed by atoms with Crippen LogP contribution in [-0.2, 0) is 6.54 Å². The average Bonchev–Trinajstić information content (AvgIpc) is 2.36. The molecule has 3 nitrogen and oxygen atoms in total. The van der Waals surface area contributed by atoms with Gasteiger partial charge in [0.2, 0.25) is 0 Å². The van der Waals surface area contributed by atoms with Gasteiger partial charge in [0.25, 0.3) is 0 Å². The van der Waals surface area contributed by atoms with Gasteiger partial charge in [0.1, 0.15) is 18.1 Å². The van der Waals surface area contributed by atoms with Crippen LogP contribution in [0.25, 0.3) is 0 Å². The Morgan fingerprint density at radius 3 is 2.68 bits per heavy atom. The van der Waals surface area contributed by atoms with Crippen LogP contribution in [0.1, 0.15) is 26.3 Å². The Labute approximate surface area is 116 Å². The lowest BCUT2D eigenvalue weighted by molar-refractivity contribution is 0.342. The van der Waals surface area contributed by atoms with E-state index in [-0.39, 0.29) is 0 Å². The Bertz CT molecular complexity index is 413. The summed E-state index contributed by atoms with van der Waals surface area (Å²) in [6.45, 7) is 12.5. The van der Waals surface area contributed by atoms with Crippen LogP contribution in [0.3, 0.4) is 0 Å². The van der Waals surface area contributed by atoms with Gasteiger partial charge >= 0.3 is 0 Å². The lowest BCUT2D eigenvalue weighted by Crippen LogP contribution is -2.19. The van der Waals surface area contributed by atoms with E-state index in [9.17, 15) is 0 Å². The van der Waals surface area contributed by atoms with E-state index in [4.69, 9.17) is 9.47 Å². The molecule has 0 saturated carbocycles. The predicted octanol–water partition coefficient (Wildman–Crippen LogP) is 3.40. The minimum absolute atomic E-state index is 0.532. The molecule has 1 N–H and O–H groups in total. The number of nitrogens with one attached hydrogen (secondary N) is 1. The van der Waals surface area contributed by atoms with Crippen LogP contribution in [0.15, 0.2) is 30.4 Å². The van der Waals surface area contributed by atoms with Crippen LogP contribution in [0, 0.1) is 5.92 Å². The smallest absolute Gasteiger partial charge is 0.127 e. The fourth-order valence-electron chi connectivity index (χ4n) is 1.64. The maximum Gasteiger partial charge on any atom is 0.127 e. The molecule has 106 valence electrons. The van der Waals surface area contributed by atoms with Crippen LogP contribution in [-0.4, -0.2) is 20.3 Å². The summed E-state index contributed by atoms with van der Waals surface area (Å²) in [5, 5.41) is 3.42. The molecule has 19 heavy (non-hydrogen) atoms. The molecule has 0 aromatic heterocycles. The first-order valence-electron chi connectivity index (χ1n) is 6.67. The fraction of sp³-hybridized carbons (Fsp3) is 0.500. The molecule has 0 bridgehead atoms. The quantitative estimate of drug-likeness (QED) is 0.729. The largest absolute Gasteiger partial charge is 0.497 e. The zero-order valence-electron chi connectivity index (χ0n) is 12.5. The third kappa shape index (κ3) is 5.79. The molecule has 0 unspecified atom stereocenters. The second-order valence-corrected chi connectivity index (χ2v) is 5.24. The van der Waals surface area contributed by atoms with Crippen LogP contribution in [0.2, 0.25) is 0 Å². The van der Waals surface area contributed by atoms with Crippen LogP contribution >= 0.6 is 0 Å². The molecule has 1 rings (SSSR count). The summed E-state index contributed by atoms with van der Waals surface area (Å²) in [5.41, 5.74) is 2.15.